The summed E-state index contributed by atoms with van der Waals surface area (Å²) in [6, 6.07) is 9.24. The zero-order valence-corrected chi connectivity index (χ0v) is 16.0. The van der Waals surface area contributed by atoms with Gasteiger partial charge in [-0.25, -0.2) is 0 Å². The van der Waals surface area contributed by atoms with Crippen LogP contribution in [-0.2, 0) is 10.6 Å². The van der Waals surface area contributed by atoms with E-state index >= 15 is 0 Å². The summed E-state index contributed by atoms with van der Waals surface area (Å²) < 4.78 is 0. The Morgan fingerprint density at radius 2 is 0.900 bits per heavy atom. The Morgan fingerprint density at radius 3 is 1.15 bits per heavy atom. The molecule has 1 rings (SSSR count). The van der Waals surface area contributed by atoms with E-state index in [2.05, 4.69) is 95.8 Å². The maximum Gasteiger partial charge on any atom is 0.0194 e. The van der Waals surface area contributed by atoms with Gasteiger partial charge in [0.1, 0.15) is 0 Å². The molecule has 0 aromatic heterocycles. The van der Waals surface area contributed by atoms with E-state index < -0.39 is 0 Å². The van der Waals surface area contributed by atoms with Crippen LogP contribution in [0.15, 0.2) is 24.3 Å². The van der Waals surface area contributed by atoms with Gasteiger partial charge in [-0.15, -0.1) is 9.24 Å². The number of hydrogen-bond donors (Lipinski definition) is 0. The summed E-state index contributed by atoms with van der Waals surface area (Å²) in [5.74, 6) is 0. The normalized spacial score (nSPS) is 14.5. The monoisotopic (exact) mass is 292 g/mol. The fourth-order valence-electron chi connectivity index (χ4n) is 3.22. The van der Waals surface area contributed by atoms with Gasteiger partial charge in [0.2, 0.25) is 0 Å². The fraction of sp³-hybridized carbons (Fsp3) is 0.684. The molecule has 1 atom stereocenters. The molecule has 0 radical (unpaired) electrons. The van der Waals surface area contributed by atoms with Crippen LogP contribution in [0.1, 0.15) is 73.4 Å². The lowest BCUT2D eigenvalue weighted by Gasteiger charge is -2.52. The largest absolute Gasteiger partial charge is 0.125 e. The highest BCUT2D eigenvalue weighted by molar-refractivity contribution is 7.18. The van der Waals surface area contributed by atoms with Crippen LogP contribution in [0.25, 0.3) is 0 Å². The maximum atomic E-state index is 3.17. The van der Waals surface area contributed by atoms with Crippen molar-refractivity contribution in [1.82, 2.24) is 0 Å². The third kappa shape index (κ3) is 3.11. The molecule has 0 spiro atoms. The fourth-order valence-corrected chi connectivity index (χ4v) is 3.42. The van der Waals surface area contributed by atoms with Gasteiger partial charge < -0.3 is 0 Å². The summed E-state index contributed by atoms with van der Waals surface area (Å²) >= 11 is 0. The Balaban J connectivity index is 3.39. The molecule has 0 amide bonds. The summed E-state index contributed by atoms with van der Waals surface area (Å²) in [6.07, 6.45) is 0. The molecule has 0 saturated carbocycles. The van der Waals surface area contributed by atoms with Crippen LogP contribution in [0.3, 0.4) is 0 Å². The van der Waals surface area contributed by atoms with Crippen LogP contribution in [-0.4, -0.2) is 0 Å². The van der Waals surface area contributed by atoms with Gasteiger partial charge in [-0.3, -0.25) is 0 Å². The molecular weight excluding hydrogens is 259 g/mol. The molecule has 0 aliphatic rings. The van der Waals surface area contributed by atoms with Crippen LogP contribution in [0.2, 0.25) is 0 Å². The Kier molecular flexibility index (Phi) is 4.54. The molecule has 0 nitrogen and oxygen atoms in total. The molecule has 0 heterocycles. The standard InChI is InChI=1S/C19H33P/c1-16(2,3)14-10-12-15(13-11-14)19(20,17(4,5)6)18(7,8)9/h10-13H,20H2,1-9H3. The van der Waals surface area contributed by atoms with Crippen molar-refractivity contribution in [3.63, 3.8) is 0 Å². The van der Waals surface area contributed by atoms with E-state index in [1.54, 1.807) is 0 Å². The average molecular weight is 292 g/mol. The summed E-state index contributed by atoms with van der Waals surface area (Å²) in [7, 11) is 3.17. The van der Waals surface area contributed by atoms with E-state index in [1.165, 1.54) is 11.1 Å². The lowest BCUT2D eigenvalue weighted by molar-refractivity contribution is 0.140. The summed E-state index contributed by atoms with van der Waals surface area (Å²) in [5, 5.41) is 0.0520. The minimum absolute atomic E-state index is 0.0520. The Bertz CT molecular complexity index is 433. The highest BCUT2D eigenvalue weighted by Gasteiger charge is 2.48. The van der Waals surface area contributed by atoms with Gasteiger partial charge in [-0.05, 0) is 27.4 Å². The molecule has 0 fully saturated rings. The lowest BCUT2D eigenvalue weighted by Crippen LogP contribution is -2.45. The summed E-state index contributed by atoms with van der Waals surface area (Å²) in [5.41, 5.74) is 3.39. The molecule has 114 valence electrons. The third-order valence-corrected chi connectivity index (χ3v) is 6.64. The predicted octanol–water partition coefficient (Wildman–Crippen LogP) is 6.15. The lowest BCUT2D eigenvalue weighted by atomic mass is 9.62. The maximum absolute atomic E-state index is 3.17. The second kappa shape index (κ2) is 5.13. The van der Waals surface area contributed by atoms with Crippen molar-refractivity contribution in [2.24, 2.45) is 10.8 Å². The Hall–Kier alpha value is -0.350. The Morgan fingerprint density at radius 1 is 0.600 bits per heavy atom. The second-order valence-electron chi connectivity index (χ2n) is 9.14. The van der Waals surface area contributed by atoms with Gasteiger partial charge in [0.05, 0.1) is 0 Å². The molecule has 0 N–H and O–H groups in total. The zero-order chi connectivity index (χ0) is 16.0. The number of benzene rings is 1. The van der Waals surface area contributed by atoms with Crippen molar-refractivity contribution in [2.75, 3.05) is 0 Å². The van der Waals surface area contributed by atoms with E-state index in [-0.39, 0.29) is 21.4 Å². The van der Waals surface area contributed by atoms with Crippen molar-refractivity contribution < 1.29 is 0 Å². The molecule has 1 aromatic rings. The van der Waals surface area contributed by atoms with Gasteiger partial charge in [0.25, 0.3) is 0 Å². The van der Waals surface area contributed by atoms with Gasteiger partial charge in [-0.1, -0.05) is 86.6 Å². The zero-order valence-electron chi connectivity index (χ0n) is 14.9. The van der Waals surface area contributed by atoms with Crippen molar-refractivity contribution in [2.45, 2.75) is 72.9 Å². The van der Waals surface area contributed by atoms with Crippen LogP contribution in [0.5, 0.6) is 0 Å². The molecule has 0 aliphatic heterocycles. The quantitative estimate of drug-likeness (QED) is 0.545. The van der Waals surface area contributed by atoms with Crippen molar-refractivity contribution in [1.29, 1.82) is 0 Å². The van der Waals surface area contributed by atoms with E-state index in [1.807, 2.05) is 0 Å². The van der Waals surface area contributed by atoms with Gasteiger partial charge in [0, 0.05) is 5.16 Å². The number of hydrogen-bond acceptors (Lipinski definition) is 0. The SMILES string of the molecule is CC(C)(C)c1ccc(C(P)(C(C)(C)C)C(C)(C)C)cc1. The highest BCUT2D eigenvalue weighted by Crippen LogP contribution is 2.57. The summed E-state index contributed by atoms with van der Waals surface area (Å²) in [6.45, 7) is 20.8. The molecule has 1 aromatic carbocycles. The average Bonchev–Trinajstić information content (AvgIpc) is 2.24. The first-order chi connectivity index (χ1) is 8.71. The van der Waals surface area contributed by atoms with Crippen molar-refractivity contribution >= 4 is 9.24 Å². The molecule has 0 bridgehead atoms. The minimum Gasteiger partial charge on any atom is -0.125 e. The predicted molar refractivity (Wildman–Crippen MR) is 95.4 cm³/mol. The molecular formula is C19H33P. The van der Waals surface area contributed by atoms with Crippen LogP contribution in [0.4, 0.5) is 0 Å². The van der Waals surface area contributed by atoms with Gasteiger partial charge in [-0.2, -0.15) is 0 Å². The van der Waals surface area contributed by atoms with Crippen molar-refractivity contribution in [3.8, 4) is 0 Å². The first-order valence-electron chi connectivity index (χ1n) is 7.61. The van der Waals surface area contributed by atoms with Gasteiger partial charge in [0.15, 0.2) is 0 Å². The van der Waals surface area contributed by atoms with E-state index in [9.17, 15) is 0 Å². The van der Waals surface area contributed by atoms with Crippen LogP contribution < -0.4 is 0 Å². The summed E-state index contributed by atoms with van der Waals surface area (Å²) in [4.78, 5) is 0. The smallest absolute Gasteiger partial charge is 0.0194 e. The number of rotatable bonds is 1. The first kappa shape index (κ1) is 17.7. The van der Waals surface area contributed by atoms with E-state index in [4.69, 9.17) is 0 Å². The molecule has 0 saturated heterocycles. The molecule has 20 heavy (non-hydrogen) atoms. The first-order valence-corrected chi connectivity index (χ1v) is 8.19. The van der Waals surface area contributed by atoms with Crippen molar-refractivity contribution in [3.05, 3.63) is 35.4 Å². The van der Waals surface area contributed by atoms with E-state index in [0.717, 1.165) is 0 Å². The third-order valence-electron chi connectivity index (χ3n) is 4.57. The molecule has 1 heteroatoms. The van der Waals surface area contributed by atoms with Gasteiger partial charge >= 0.3 is 0 Å². The molecule has 0 aliphatic carbocycles. The second-order valence-corrected chi connectivity index (χ2v) is 10.0. The molecule has 1 unspecified atom stereocenters. The topological polar surface area (TPSA) is 0 Å². The van der Waals surface area contributed by atoms with E-state index in [0.29, 0.717) is 0 Å². The van der Waals surface area contributed by atoms with Crippen LogP contribution >= 0.6 is 9.24 Å². The van der Waals surface area contributed by atoms with Crippen LogP contribution in [0, 0.1) is 10.8 Å². The highest BCUT2D eigenvalue weighted by atomic mass is 31.0. The minimum atomic E-state index is 0.0520. The Labute approximate surface area is 129 Å².